The molecule has 31 heavy (non-hydrogen) atoms. The van der Waals surface area contributed by atoms with Crippen LogP contribution in [0.25, 0.3) is 11.4 Å². The summed E-state index contributed by atoms with van der Waals surface area (Å²) in [5, 5.41) is 0. The molecule has 0 bridgehead atoms. The molecule has 0 aliphatic heterocycles. The lowest BCUT2D eigenvalue weighted by molar-refractivity contribution is 0.288. The Hall–Kier alpha value is -1.97. The van der Waals surface area contributed by atoms with Crippen LogP contribution in [0.4, 0.5) is 4.39 Å². The van der Waals surface area contributed by atoms with Crippen molar-refractivity contribution in [2.75, 3.05) is 6.61 Å². The predicted octanol–water partition coefficient (Wildman–Crippen LogP) is 8.17. The summed E-state index contributed by atoms with van der Waals surface area (Å²) in [6, 6.07) is 5.00. The Kier molecular flexibility index (Phi) is 12.2. The number of aryl methyl sites for hydroxylation is 1. The third-order valence-corrected chi connectivity index (χ3v) is 6.01. The van der Waals surface area contributed by atoms with E-state index in [1.807, 2.05) is 18.5 Å². The molecule has 0 N–H and O–H groups in total. The fourth-order valence-corrected chi connectivity index (χ4v) is 3.66. The molecule has 0 saturated heterocycles. The van der Waals surface area contributed by atoms with Crippen LogP contribution in [0.15, 0.2) is 30.6 Å². The first-order valence-electron chi connectivity index (χ1n) is 12.4. The van der Waals surface area contributed by atoms with Gasteiger partial charge < -0.3 is 4.74 Å². The number of nitrogens with zero attached hydrogens (tertiary/aromatic N) is 2. The van der Waals surface area contributed by atoms with Crippen molar-refractivity contribution in [3.63, 3.8) is 0 Å². The molecule has 2 aromatic rings. The van der Waals surface area contributed by atoms with Gasteiger partial charge in [-0.2, -0.15) is 0 Å². The number of unbranched alkanes of at least 4 members (excludes halogenated alkanes) is 7. The number of ether oxygens (including phenoxy) is 1. The summed E-state index contributed by atoms with van der Waals surface area (Å²) in [6.07, 6.45) is 18.2. The largest absolute Gasteiger partial charge is 0.491 e. The van der Waals surface area contributed by atoms with Gasteiger partial charge >= 0.3 is 0 Å². The monoisotopic (exact) mass is 428 g/mol. The van der Waals surface area contributed by atoms with Crippen molar-refractivity contribution in [3.05, 3.63) is 42.0 Å². The Labute approximate surface area is 188 Å². The summed E-state index contributed by atoms with van der Waals surface area (Å²) in [5.41, 5.74) is 1.83. The van der Waals surface area contributed by atoms with E-state index in [4.69, 9.17) is 4.74 Å². The van der Waals surface area contributed by atoms with Gasteiger partial charge in [-0.15, -0.1) is 0 Å². The average molecular weight is 429 g/mol. The van der Waals surface area contributed by atoms with Crippen LogP contribution in [0.2, 0.25) is 0 Å². The van der Waals surface area contributed by atoms with E-state index in [1.54, 1.807) is 6.07 Å². The first-order valence-corrected chi connectivity index (χ1v) is 12.4. The lowest BCUT2D eigenvalue weighted by atomic mass is 10.0. The highest BCUT2D eigenvalue weighted by Gasteiger charge is 2.09. The van der Waals surface area contributed by atoms with E-state index in [2.05, 4.69) is 30.7 Å². The standard InChI is InChI=1S/C27H41FN2O/c1-4-6-7-8-9-12-15-23-20-29-27(30-21-23)24-16-17-26(25(28)19-24)31-18-13-10-11-14-22(3)5-2/h16-17,19-22H,4-15,18H2,1-3H3. The maximum atomic E-state index is 14.5. The molecular formula is C27H41FN2O. The van der Waals surface area contributed by atoms with Crippen LogP contribution >= 0.6 is 0 Å². The van der Waals surface area contributed by atoms with Gasteiger partial charge in [-0.3, -0.25) is 0 Å². The Morgan fingerprint density at radius 1 is 0.903 bits per heavy atom. The lowest BCUT2D eigenvalue weighted by Gasteiger charge is -2.10. The Bertz CT molecular complexity index is 733. The minimum absolute atomic E-state index is 0.311. The molecule has 0 radical (unpaired) electrons. The molecule has 0 saturated carbocycles. The second kappa shape index (κ2) is 14.9. The van der Waals surface area contributed by atoms with Gasteiger partial charge in [0.2, 0.25) is 0 Å². The molecule has 1 aromatic heterocycles. The highest BCUT2D eigenvalue weighted by Crippen LogP contribution is 2.24. The number of halogens is 1. The van der Waals surface area contributed by atoms with Crippen LogP contribution in [0.5, 0.6) is 5.75 Å². The molecule has 172 valence electrons. The van der Waals surface area contributed by atoms with Gasteiger partial charge in [-0.25, -0.2) is 14.4 Å². The van der Waals surface area contributed by atoms with Gasteiger partial charge in [-0.05, 0) is 48.9 Å². The van der Waals surface area contributed by atoms with Crippen LogP contribution in [-0.4, -0.2) is 16.6 Å². The van der Waals surface area contributed by atoms with Crippen molar-refractivity contribution >= 4 is 0 Å². The second-order valence-electron chi connectivity index (χ2n) is 8.79. The van der Waals surface area contributed by atoms with Gasteiger partial charge in [0.1, 0.15) is 0 Å². The van der Waals surface area contributed by atoms with E-state index in [1.165, 1.54) is 63.9 Å². The van der Waals surface area contributed by atoms with Gasteiger partial charge in [0.25, 0.3) is 0 Å². The Morgan fingerprint density at radius 2 is 1.61 bits per heavy atom. The van der Waals surface area contributed by atoms with Crippen molar-refractivity contribution in [2.45, 2.75) is 97.8 Å². The second-order valence-corrected chi connectivity index (χ2v) is 8.79. The number of benzene rings is 1. The maximum Gasteiger partial charge on any atom is 0.165 e. The first-order chi connectivity index (χ1) is 15.1. The number of aromatic nitrogens is 2. The normalized spacial score (nSPS) is 12.1. The van der Waals surface area contributed by atoms with Crippen molar-refractivity contribution in [1.82, 2.24) is 9.97 Å². The van der Waals surface area contributed by atoms with Crippen molar-refractivity contribution < 1.29 is 9.13 Å². The fourth-order valence-electron chi connectivity index (χ4n) is 3.66. The van der Waals surface area contributed by atoms with E-state index in [-0.39, 0.29) is 5.82 Å². The quantitative estimate of drug-likeness (QED) is 0.253. The topological polar surface area (TPSA) is 35.0 Å². The average Bonchev–Trinajstić information content (AvgIpc) is 2.79. The third-order valence-electron chi connectivity index (χ3n) is 6.01. The molecule has 1 atom stereocenters. The minimum Gasteiger partial charge on any atom is -0.491 e. The van der Waals surface area contributed by atoms with Crippen molar-refractivity contribution in [2.24, 2.45) is 5.92 Å². The molecule has 1 heterocycles. The third kappa shape index (κ3) is 9.80. The number of rotatable bonds is 16. The first kappa shape index (κ1) is 25.3. The SMILES string of the molecule is CCCCCCCCc1cnc(-c2ccc(OCCCCCC(C)CC)c(F)c2)nc1. The molecule has 1 aromatic carbocycles. The van der Waals surface area contributed by atoms with Crippen molar-refractivity contribution in [3.8, 4) is 17.1 Å². The summed E-state index contributed by atoms with van der Waals surface area (Å²) in [6.45, 7) is 7.32. The molecule has 0 aliphatic carbocycles. The number of hydrogen-bond acceptors (Lipinski definition) is 3. The van der Waals surface area contributed by atoms with Crippen LogP contribution in [-0.2, 0) is 6.42 Å². The van der Waals surface area contributed by atoms with Crippen molar-refractivity contribution in [1.29, 1.82) is 0 Å². The Balaban J connectivity index is 1.75. The van der Waals surface area contributed by atoms with Gasteiger partial charge in [0.05, 0.1) is 6.61 Å². The highest BCUT2D eigenvalue weighted by molar-refractivity contribution is 5.56. The van der Waals surface area contributed by atoms with Gasteiger partial charge in [-0.1, -0.05) is 78.6 Å². The summed E-state index contributed by atoms with van der Waals surface area (Å²) < 4.78 is 20.1. The molecule has 1 unspecified atom stereocenters. The zero-order chi connectivity index (χ0) is 22.3. The van der Waals surface area contributed by atoms with Gasteiger partial charge in [0.15, 0.2) is 17.4 Å². The van der Waals surface area contributed by atoms with Crippen LogP contribution in [0, 0.1) is 11.7 Å². The van der Waals surface area contributed by atoms with Crippen LogP contribution < -0.4 is 4.74 Å². The molecule has 2 rings (SSSR count). The summed E-state index contributed by atoms with van der Waals surface area (Å²) >= 11 is 0. The Morgan fingerprint density at radius 3 is 2.32 bits per heavy atom. The predicted molar refractivity (Wildman–Crippen MR) is 128 cm³/mol. The zero-order valence-electron chi connectivity index (χ0n) is 19.8. The fraction of sp³-hybridized carbons (Fsp3) is 0.630. The van der Waals surface area contributed by atoms with Crippen LogP contribution in [0.1, 0.15) is 97.0 Å². The van der Waals surface area contributed by atoms with E-state index in [0.29, 0.717) is 23.7 Å². The minimum atomic E-state index is -0.350. The molecular weight excluding hydrogens is 387 g/mol. The molecule has 0 aliphatic rings. The summed E-state index contributed by atoms with van der Waals surface area (Å²) in [4.78, 5) is 8.89. The molecule has 0 spiro atoms. The molecule has 3 nitrogen and oxygen atoms in total. The zero-order valence-corrected chi connectivity index (χ0v) is 19.8. The highest BCUT2D eigenvalue weighted by atomic mass is 19.1. The van der Waals surface area contributed by atoms with E-state index in [0.717, 1.165) is 30.7 Å². The van der Waals surface area contributed by atoms with E-state index in [9.17, 15) is 4.39 Å². The molecule has 0 amide bonds. The maximum absolute atomic E-state index is 14.5. The molecule has 4 heteroatoms. The van der Waals surface area contributed by atoms with E-state index < -0.39 is 0 Å². The van der Waals surface area contributed by atoms with Gasteiger partial charge in [0, 0.05) is 18.0 Å². The van der Waals surface area contributed by atoms with E-state index >= 15 is 0 Å². The molecule has 0 fully saturated rings. The smallest absolute Gasteiger partial charge is 0.165 e. The summed E-state index contributed by atoms with van der Waals surface area (Å²) in [5.74, 6) is 1.31. The summed E-state index contributed by atoms with van der Waals surface area (Å²) in [7, 11) is 0. The number of hydrogen-bond donors (Lipinski definition) is 0. The lowest BCUT2D eigenvalue weighted by Crippen LogP contribution is -2.00. The van der Waals surface area contributed by atoms with Crippen LogP contribution in [0.3, 0.4) is 0 Å².